The van der Waals surface area contributed by atoms with Gasteiger partial charge in [-0.1, -0.05) is 43.2 Å². The molecule has 1 unspecified atom stereocenters. The number of nitro benzene ring substituents is 1. The minimum absolute atomic E-state index is 0.0796. The van der Waals surface area contributed by atoms with Crippen LogP contribution in [0.5, 0.6) is 11.5 Å². The Bertz CT molecular complexity index is 2800. The van der Waals surface area contributed by atoms with Gasteiger partial charge in [-0.15, -0.1) is 0 Å². The highest BCUT2D eigenvalue weighted by molar-refractivity contribution is 7.90. The zero-order valence-electron chi connectivity index (χ0n) is 37.3. The lowest BCUT2D eigenvalue weighted by Gasteiger charge is -2.39. The number of hydrogen-bond donors (Lipinski definition) is 3. The number of aromatic amines is 1. The number of nitrogens with one attached hydrogen (secondary N) is 3. The molecule has 8 rings (SSSR count). The number of amides is 1. The lowest BCUT2D eigenvalue weighted by molar-refractivity contribution is -0.384. The highest BCUT2D eigenvalue weighted by Crippen LogP contribution is 2.44. The van der Waals surface area contributed by atoms with Gasteiger partial charge in [-0.05, 0) is 91.0 Å². The van der Waals surface area contributed by atoms with E-state index in [-0.39, 0.29) is 29.0 Å². The largest absolute Gasteiger partial charge is 0.455 e. The molecule has 19 heteroatoms. The van der Waals surface area contributed by atoms with Gasteiger partial charge in [0.15, 0.2) is 0 Å². The molecule has 1 aliphatic carbocycles. The summed E-state index contributed by atoms with van der Waals surface area (Å²) in [5.41, 5.74) is 4.90. The Balaban J connectivity index is 0.993. The van der Waals surface area contributed by atoms with Crippen LogP contribution in [0.15, 0.2) is 95.7 Å². The van der Waals surface area contributed by atoms with Gasteiger partial charge in [0.2, 0.25) is 0 Å². The number of halogens is 2. The third-order valence-electron chi connectivity index (χ3n) is 12.8. The number of ether oxygens (including phenoxy) is 1. The average Bonchev–Trinajstić information content (AvgIpc) is 3.76. The van der Waals surface area contributed by atoms with E-state index < -0.39 is 51.3 Å². The number of nitro groups is 1. The molecule has 0 bridgehead atoms. The van der Waals surface area contributed by atoms with Crippen molar-refractivity contribution in [3.8, 4) is 11.5 Å². The molecule has 350 valence electrons. The van der Waals surface area contributed by atoms with Crippen LogP contribution in [0.3, 0.4) is 0 Å². The molecule has 3 aliphatic rings. The number of allylic oxidation sites excluding steroid dienone is 1. The summed E-state index contributed by atoms with van der Waals surface area (Å²) in [6.45, 7) is 10.6. The summed E-state index contributed by atoms with van der Waals surface area (Å²) in [5.74, 6) is -0.615. The zero-order valence-corrected chi connectivity index (χ0v) is 39.7. The fourth-order valence-electron chi connectivity index (χ4n) is 8.94. The number of sulfonamides is 1. The van der Waals surface area contributed by atoms with Crippen LogP contribution in [0.1, 0.15) is 49.0 Å². The lowest BCUT2D eigenvalue weighted by atomic mass is 9.72. The minimum Gasteiger partial charge on any atom is -0.455 e. The van der Waals surface area contributed by atoms with E-state index in [1.165, 1.54) is 35.0 Å². The number of nitrogens with zero attached hydrogens (tertiary/aromatic N) is 5. The van der Waals surface area contributed by atoms with E-state index in [1.807, 2.05) is 23.1 Å². The van der Waals surface area contributed by atoms with Gasteiger partial charge < -0.3 is 29.4 Å². The van der Waals surface area contributed by atoms with E-state index in [9.17, 15) is 32.3 Å². The van der Waals surface area contributed by atoms with Crippen molar-refractivity contribution in [1.82, 2.24) is 24.5 Å². The maximum Gasteiger partial charge on any atom is 0.293 e. The molecule has 0 radical (unpaired) electrons. The summed E-state index contributed by atoms with van der Waals surface area (Å²) in [5, 5.41) is 16.6. The summed E-state index contributed by atoms with van der Waals surface area (Å²) in [7, 11) is -6.89. The van der Waals surface area contributed by atoms with Crippen LogP contribution in [-0.4, -0.2) is 123 Å². The van der Waals surface area contributed by atoms with E-state index in [4.69, 9.17) is 16.3 Å². The maximum absolute atomic E-state index is 14.2. The van der Waals surface area contributed by atoms with E-state index in [0.29, 0.717) is 54.9 Å². The number of anilines is 2. The third-order valence-corrected chi connectivity index (χ3v) is 16.7. The van der Waals surface area contributed by atoms with Crippen molar-refractivity contribution in [2.75, 3.05) is 88.2 Å². The second kappa shape index (κ2) is 19.5. The summed E-state index contributed by atoms with van der Waals surface area (Å²) in [6, 6.07) is 19.0. The number of alkyl halides is 1. The van der Waals surface area contributed by atoms with E-state index in [1.54, 1.807) is 31.1 Å². The first kappa shape index (κ1) is 47.2. The number of fused-ring (bicyclic) bond motifs is 1. The van der Waals surface area contributed by atoms with Gasteiger partial charge in [-0.25, -0.2) is 22.5 Å². The first-order chi connectivity index (χ1) is 31.4. The van der Waals surface area contributed by atoms with E-state index in [0.717, 1.165) is 62.1 Å². The Morgan fingerprint density at radius 3 is 2.47 bits per heavy atom. The Morgan fingerprint density at radius 1 is 1.02 bits per heavy atom. The second-order valence-corrected chi connectivity index (χ2v) is 24.1. The average molecular weight is 961 g/mol. The summed E-state index contributed by atoms with van der Waals surface area (Å²) >= 11 is 6.24. The highest BCUT2D eigenvalue weighted by Gasteiger charge is 2.32. The first-order valence-corrected chi connectivity index (χ1v) is 26.5. The Hall–Kier alpha value is -5.32. The fraction of sp³-hybridized carbons (Fsp3) is 0.404. The van der Waals surface area contributed by atoms with Gasteiger partial charge in [-0.2, -0.15) is 0 Å². The van der Waals surface area contributed by atoms with Gasteiger partial charge in [0, 0.05) is 99.1 Å². The number of pyridine rings is 1. The van der Waals surface area contributed by atoms with E-state index >= 15 is 0 Å². The van der Waals surface area contributed by atoms with Crippen molar-refractivity contribution >= 4 is 68.3 Å². The highest BCUT2D eigenvalue weighted by atomic mass is 35.5. The molecule has 2 aromatic heterocycles. The third kappa shape index (κ3) is 11.3. The molecule has 15 nitrogen and oxygen atoms in total. The van der Waals surface area contributed by atoms with Gasteiger partial charge in [0.05, 0.1) is 34.8 Å². The lowest BCUT2D eigenvalue weighted by Crippen LogP contribution is -2.47. The second-order valence-electron chi connectivity index (χ2n) is 18.5. The molecule has 2 fully saturated rings. The molecule has 0 spiro atoms. The molecule has 0 saturated carbocycles. The SMILES string of the molecule is CC1(C)CCC(CN2CCN(c3ccc(C(=O)NS(=O)(=O)c4ccc(NC(CF)CN5CCP(C)(=O)CC5)c([N+](=O)[O-])c4)c(Oc4cnc5[nH]ccc5c4)c3)CC2)=C(c2ccc(Cl)cc2)C1. The Kier molecular flexibility index (Phi) is 13.9. The molecule has 1 amide bonds. The number of carbonyl (C=O) groups is 1. The van der Waals surface area contributed by atoms with Crippen molar-refractivity contribution < 1.29 is 31.8 Å². The number of carbonyl (C=O) groups excluding carboxylic acids is 1. The molecule has 3 N–H and O–H groups in total. The van der Waals surface area contributed by atoms with Crippen LogP contribution in [-0.2, 0) is 14.6 Å². The van der Waals surface area contributed by atoms with Crippen LogP contribution in [0.4, 0.5) is 21.5 Å². The maximum atomic E-state index is 14.2. The number of benzene rings is 3. The molecular weight excluding hydrogens is 906 g/mol. The first-order valence-electron chi connectivity index (χ1n) is 22.1. The standard InChI is InChI=1S/C47H55ClFN8O7PS/c1-47(2)14-12-34(41(27-47)32-4-6-35(48)7-5-32)30-54-16-18-56(19-17-54)37-8-10-40(44(25-37)64-38-24-33-13-15-50-45(33)51-29-38)46(58)53-66(62,63)39-9-11-42(43(26-39)57(59)60)52-36(28-49)31-55-20-22-65(3,61)23-21-55/h4-11,13,15,24-26,29,36,52H,12,14,16-23,27-28,30-31H2,1-3H3,(H,50,51)(H,53,58). The fourth-order valence-corrected chi connectivity index (χ4v) is 11.7. The van der Waals surface area contributed by atoms with Crippen molar-refractivity contribution in [3.63, 3.8) is 0 Å². The van der Waals surface area contributed by atoms with Crippen molar-refractivity contribution in [2.45, 2.75) is 44.0 Å². The molecular formula is C47H55ClFN8O7PS. The predicted molar refractivity (Wildman–Crippen MR) is 258 cm³/mol. The molecule has 2 aliphatic heterocycles. The normalized spacial score (nSPS) is 18.5. The predicted octanol–water partition coefficient (Wildman–Crippen LogP) is 8.88. The number of hydrogen-bond acceptors (Lipinski definition) is 12. The molecule has 1 atom stereocenters. The Labute approximate surface area is 389 Å². The topological polar surface area (TPSA) is 183 Å². The summed E-state index contributed by atoms with van der Waals surface area (Å²) < 4.78 is 62.6. The number of rotatable bonds is 15. The van der Waals surface area contributed by atoms with Gasteiger partial charge >= 0.3 is 0 Å². The summed E-state index contributed by atoms with van der Waals surface area (Å²) in [4.78, 5) is 39.0. The molecule has 3 aromatic carbocycles. The molecule has 2 saturated heterocycles. The molecule has 4 heterocycles. The summed E-state index contributed by atoms with van der Waals surface area (Å²) in [6.07, 6.45) is 7.40. The van der Waals surface area contributed by atoms with Crippen molar-refractivity contribution in [1.29, 1.82) is 0 Å². The smallest absolute Gasteiger partial charge is 0.293 e. The number of H-pyrrole nitrogens is 1. The van der Waals surface area contributed by atoms with Gasteiger partial charge in [0.25, 0.3) is 21.6 Å². The van der Waals surface area contributed by atoms with Crippen molar-refractivity contribution in [2.24, 2.45) is 5.41 Å². The minimum atomic E-state index is -4.68. The number of aromatic nitrogens is 2. The molecule has 5 aromatic rings. The van der Waals surface area contributed by atoms with Crippen LogP contribution >= 0.6 is 18.7 Å². The van der Waals surface area contributed by atoms with Gasteiger partial charge in [-0.3, -0.25) is 19.8 Å². The van der Waals surface area contributed by atoms with Crippen LogP contribution in [0.25, 0.3) is 16.6 Å². The zero-order chi connectivity index (χ0) is 46.8. The van der Waals surface area contributed by atoms with Crippen LogP contribution < -0.4 is 19.7 Å². The van der Waals surface area contributed by atoms with Crippen molar-refractivity contribution in [3.05, 3.63) is 117 Å². The van der Waals surface area contributed by atoms with Gasteiger partial charge in [0.1, 0.15) is 29.5 Å². The monoisotopic (exact) mass is 960 g/mol. The molecule has 66 heavy (non-hydrogen) atoms. The van der Waals surface area contributed by atoms with E-state index in [2.05, 4.69) is 55.8 Å². The van der Waals surface area contributed by atoms with Crippen LogP contribution in [0, 0.1) is 15.5 Å². The van der Waals surface area contributed by atoms with Crippen LogP contribution in [0.2, 0.25) is 5.02 Å². The number of piperazine rings is 1. The quantitative estimate of drug-likeness (QED) is 0.0516. The Morgan fingerprint density at radius 2 is 1.76 bits per heavy atom.